The van der Waals surface area contributed by atoms with Crippen LogP contribution >= 0.6 is 0 Å². The van der Waals surface area contributed by atoms with E-state index in [0.717, 1.165) is 17.0 Å². The predicted molar refractivity (Wildman–Crippen MR) is 54.4 cm³/mol. The Balaban J connectivity index is 2.39. The van der Waals surface area contributed by atoms with Crippen LogP contribution in [0.25, 0.3) is 11.3 Å². The average molecular weight is 189 g/mol. The van der Waals surface area contributed by atoms with Gasteiger partial charge in [-0.1, -0.05) is 0 Å². The molecule has 14 heavy (non-hydrogen) atoms. The van der Waals surface area contributed by atoms with Gasteiger partial charge in [-0.15, -0.1) is 0 Å². The lowest BCUT2D eigenvalue weighted by atomic mass is 10.1. The summed E-state index contributed by atoms with van der Waals surface area (Å²) in [7, 11) is 1.64. The Labute approximate surface area is 81.9 Å². The van der Waals surface area contributed by atoms with E-state index in [1.807, 2.05) is 30.3 Å². The van der Waals surface area contributed by atoms with Crippen LogP contribution in [0.1, 0.15) is 0 Å². The highest BCUT2D eigenvalue weighted by Gasteiger charge is 2.02. The summed E-state index contributed by atoms with van der Waals surface area (Å²) < 4.78 is 5.06. The van der Waals surface area contributed by atoms with Gasteiger partial charge in [0, 0.05) is 5.56 Å². The normalized spacial score (nSPS) is 10.1. The molecule has 0 amide bonds. The Morgan fingerprint density at radius 2 is 1.93 bits per heavy atom. The van der Waals surface area contributed by atoms with E-state index < -0.39 is 0 Å². The molecule has 1 aromatic carbocycles. The highest BCUT2D eigenvalue weighted by atomic mass is 16.5. The van der Waals surface area contributed by atoms with Crippen molar-refractivity contribution in [3.63, 3.8) is 0 Å². The minimum Gasteiger partial charge on any atom is -0.497 e. The minimum atomic E-state index is 0.830. The maximum Gasteiger partial charge on any atom is 0.118 e. The third-order valence-electron chi connectivity index (χ3n) is 2.06. The maximum atomic E-state index is 5.62. The van der Waals surface area contributed by atoms with Gasteiger partial charge >= 0.3 is 0 Å². The summed E-state index contributed by atoms with van der Waals surface area (Å²) in [4.78, 5) is 1.35. The zero-order valence-electron chi connectivity index (χ0n) is 7.84. The third kappa shape index (κ3) is 1.42. The number of methoxy groups -OCH3 is 1. The van der Waals surface area contributed by atoms with Gasteiger partial charge < -0.3 is 10.6 Å². The molecule has 0 spiro atoms. The fourth-order valence-electron chi connectivity index (χ4n) is 1.30. The first-order valence-electron chi connectivity index (χ1n) is 4.25. The molecule has 2 N–H and O–H groups in total. The molecule has 1 heterocycles. The van der Waals surface area contributed by atoms with Gasteiger partial charge in [-0.25, -0.2) is 0 Å². The molecule has 0 aliphatic heterocycles. The van der Waals surface area contributed by atoms with Crippen molar-refractivity contribution in [3.8, 4) is 17.0 Å². The Bertz CT molecular complexity index is 419. The quantitative estimate of drug-likeness (QED) is 0.724. The van der Waals surface area contributed by atoms with Gasteiger partial charge in [0.25, 0.3) is 0 Å². The van der Waals surface area contributed by atoms with Crippen LogP contribution in [0.15, 0.2) is 36.5 Å². The molecule has 0 fully saturated rings. The van der Waals surface area contributed by atoms with E-state index in [2.05, 4.69) is 5.10 Å². The number of nitrogens with two attached hydrogens (primary N) is 1. The Hall–Kier alpha value is -1.97. The van der Waals surface area contributed by atoms with Crippen LogP contribution in [0.2, 0.25) is 0 Å². The minimum absolute atomic E-state index is 0.830. The van der Waals surface area contributed by atoms with Gasteiger partial charge in [-0.2, -0.15) is 9.89 Å². The first-order valence-corrected chi connectivity index (χ1v) is 4.25. The number of nitrogen functional groups attached to an aromatic ring is 1. The third-order valence-corrected chi connectivity index (χ3v) is 2.06. The second kappa shape index (κ2) is 3.41. The lowest BCUT2D eigenvalue weighted by Crippen LogP contribution is -2.10. The highest BCUT2D eigenvalue weighted by molar-refractivity contribution is 5.60. The first-order chi connectivity index (χ1) is 6.81. The van der Waals surface area contributed by atoms with Crippen molar-refractivity contribution in [3.05, 3.63) is 36.5 Å². The second-order valence-corrected chi connectivity index (χ2v) is 2.89. The number of ether oxygens (including phenoxy) is 1. The summed E-state index contributed by atoms with van der Waals surface area (Å²) >= 11 is 0. The number of aromatic nitrogens is 2. The number of nitrogens with zero attached hydrogens (tertiary/aromatic N) is 2. The molecule has 0 saturated carbocycles. The molecule has 0 bridgehead atoms. The van der Waals surface area contributed by atoms with Crippen LogP contribution in [0.5, 0.6) is 5.75 Å². The van der Waals surface area contributed by atoms with Crippen LogP contribution in [0, 0.1) is 0 Å². The molecule has 1 aromatic heterocycles. The van der Waals surface area contributed by atoms with E-state index in [1.165, 1.54) is 4.79 Å². The van der Waals surface area contributed by atoms with Gasteiger partial charge in [-0.3, -0.25) is 0 Å². The van der Waals surface area contributed by atoms with E-state index in [1.54, 1.807) is 13.3 Å². The summed E-state index contributed by atoms with van der Waals surface area (Å²) in [6, 6.07) is 9.53. The van der Waals surface area contributed by atoms with Crippen molar-refractivity contribution in [1.82, 2.24) is 9.89 Å². The molecule has 0 radical (unpaired) electrons. The fourth-order valence-corrected chi connectivity index (χ4v) is 1.30. The number of hydrogen-bond donors (Lipinski definition) is 1. The zero-order chi connectivity index (χ0) is 9.97. The SMILES string of the molecule is COc1ccc(-c2ccnn2N)cc1. The molecule has 0 aliphatic carbocycles. The molecular formula is C10H11N3O. The van der Waals surface area contributed by atoms with Crippen LogP contribution < -0.4 is 10.6 Å². The standard InChI is InChI=1S/C10H11N3O/c1-14-9-4-2-8(3-5-9)10-6-7-12-13(10)11/h2-7H,11H2,1H3. The van der Waals surface area contributed by atoms with Crippen molar-refractivity contribution in [2.24, 2.45) is 0 Å². The smallest absolute Gasteiger partial charge is 0.118 e. The van der Waals surface area contributed by atoms with Gasteiger partial charge in [-0.05, 0) is 30.3 Å². The summed E-state index contributed by atoms with van der Waals surface area (Å²) in [5, 5.41) is 3.90. The number of benzene rings is 1. The van der Waals surface area contributed by atoms with Crippen LogP contribution in [0.3, 0.4) is 0 Å². The van der Waals surface area contributed by atoms with Crippen molar-refractivity contribution >= 4 is 0 Å². The van der Waals surface area contributed by atoms with Crippen molar-refractivity contribution in [2.75, 3.05) is 13.0 Å². The fraction of sp³-hybridized carbons (Fsp3) is 0.100. The van der Waals surface area contributed by atoms with Crippen LogP contribution in [-0.4, -0.2) is 17.0 Å². The Morgan fingerprint density at radius 3 is 2.43 bits per heavy atom. The van der Waals surface area contributed by atoms with Crippen LogP contribution in [-0.2, 0) is 0 Å². The molecule has 0 aliphatic rings. The Morgan fingerprint density at radius 1 is 1.21 bits per heavy atom. The predicted octanol–water partition coefficient (Wildman–Crippen LogP) is 1.27. The highest BCUT2D eigenvalue weighted by Crippen LogP contribution is 2.20. The average Bonchev–Trinajstić information content (AvgIpc) is 2.65. The van der Waals surface area contributed by atoms with E-state index >= 15 is 0 Å². The van der Waals surface area contributed by atoms with Crippen molar-refractivity contribution in [1.29, 1.82) is 0 Å². The maximum absolute atomic E-state index is 5.62. The molecule has 0 unspecified atom stereocenters. The van der Waals surface area contributed by atoms with E-state index in [9.17, 15) is 0 Å². The molecule has 2 rings (SSSR count). The largest absolute Gasteiger partial charge is 0.497 e. The molecule has 0 saturated heterocycles. The van der Waals surface area contributed by atoms with Gasteiger partial charge in [0.1, 0.15) is 5.75 Å². The molecule has 4 nitrogen and oxygen atoms in total. The van der Waals surface area contributed by atoms with Crippen molar-refractivity contribution in [2.45, 2.75) is 0 Å². The summed E-state index contributed by atoms with van der Waals surface area (Å²) in [5.74, 6) is 6.45. The van der Waals surface area contributed by atoms with Gasteiger partial charge in [0.05, 0.1) is 19.0 Å². The topological polar surface area (TPSA) is 53.1 Å². The summed E-state index contributed by atoms with van der Waals surface area (Å²) in [5.41, 5.74) is 1.90. The number of rotatable bonds is 2. The van der Waals surface area contributed by atoms with E-state index in [-0.39, 0.29) is 0 Å². The second-order valence-electron chi connectivity index (χ2n) is 2.89. The molecule has 2 aromatic rings. The van der Waals surface area contributed by atoms with Crippen molar-refractivity contribution < 1.29 is 4.74 Å². The van der Waals surface area contributed by atoms with Crippen LogP contribution in [0.4, 0.5) is 0 Å². The van der Waals surface area contributed by atoms with E-state index in [0.29, 0.717) is 0 Å². The Kier molecular flexibility index (Phi) is 2.10. The molecule has 4 heteroatoms. The molecule has 0 atom stereocenters. The van der Waals surface area contributed by atoms with E-state index in [4.69, 9.17) is 10.6 Å². The summed E-state index contributed by atoms with van der Waals surface area (Å²) in [6.07, 6.45) is 1.67. The lowest BCUT2D eigenvalue weighted by Gasteiger charge is -2.03. The monoisotopic (exact) mass is 189 g/mol. The number of hydrogen-bond acceptors (Lipinski definition) is 3. The first kappa shape index (κ1) is 8.62. The molecule has 72 valence electrons. The summed E-state index contributed by atoms with van der Waals surface area (Å²) in [6.45, 7) is 0. The zero-order valence-corrected chi connectivity index (χ0v) is 7.84. The molecular weight excluding hydrogens is 178 g/mol. The van der Waals surface area contributed by atoms with Gasteiger partial charge in [0.15, 0.2) is 0 Å². The lowest BCUT2D eigenvalue weighted by molar-refractivity contribution is 0.415. The van der Waals surface area contributed by atoms with Gasteiger partial charge in [0.2, 0.25) is 0 Å².